The number of ether oxygens (including phenoxy) is 3. The van der Waals surface area contributed by atoms with Gasteiger partial charge >= 0.3 is 11.9 Å². The van der Waals surface area contributed by atoms with Crippen LogP contribution in [0.1, 0.15) is 28.8 Å². The molecule has 1 aliphatic heterocycles. The number of rotatable bonds is 6. The fraction of sp³-hybridized carbons (Fsp3) is 0.250. The van der Waals surface area contributed by atoms with Crippen LogP contribution in [0.15, 0.2) is 66.7 Å². The fourth-order valence-electron chi connectivity index (χ4n) is 4.20. The molecule has 0 saturated carbocycles. The summed E-state index contributed by atoms with van der Waals surface area (Å²) in [5, 5.41) is 1.95. The minimum absolute atomic E-state index is 0.0223. The van der Waals surface area contributed by atoms with E-state index in [0.717, 1.165) is 10.8 Å². The summed E-state index contributed by atoms with van der Waals surface area (Å²) >= 11 is 0. The highest BCUT2D eigenvalue weighted by molar-refractivity contribution is 6.07. The van der Waals surface area contributed by atoms with E-state index < -0.39 is 5.97 Å². The number of carbonyl (C=O) groups is 3. The number of esters is 2. The van der Waals surface area contributed by atoms with Crippen LogP contribution in [0.3, 0.4) is 0 Å². The lowest BCUT2D eigenvalue weighted by Crippen LogP contribution is -2.41. The summed E-state index contributed by atoms with van der Waals surface area (Å²) in [5.41, 5.74) is 1.38. The van der Waals surface area contributed by atoms with Crippen LogP contribution >= 0.6 is 0 Å². The van der Waals surface area contributed by atoms with E-state index in [1.165, 1.54) is 20.3 Å². The average Bonchev–Trinajstić information content (AvgIpc) is 2.91. The molecule has 180 valence electrons. The third kappa shape index (κ3) is 5.51. The number of likely N-dealkylation sites (tertiary alicyclic amines) is 1. The first kappa shape index (κ1) is 24.0. The average molecular weight is 474 g/mol. The molecule has 7 heteroatoms. The molecule has 0 aromatic heterocycles. The Bertz CT molecular complexity index is 1270. The van der Waals surface area contributed by atoms with Gasteiger partial charge in [0.25, 0.3) is 5.91 Å². The predicted octanol–water partition coefficient (Wildman–Crippen LogP) is 4.49. The molecule has 0 bridgehead atoms. The van der Waals surface area contributed by atoms with Crippen LogP contribution in [0.5, 0.6) is 11.5 Å². The number of amides is 1. The zero-order valence-electron chi connectivity index (χ0n) is 19.7. The second kappa shape index (κ2) is 10.9. The van der Waals surface area contributed by atoms with Gasteiger partial charge in [-0.05, 0) is 53.5 Å². The zero-order valence-corrected chi connectivity index (χ0v) is 19.7. The van der Waals surface area contributed by atoms with Crippen molar-refractivity contribution in [3.63, 3.8) is 0 Å². The third-order valence-corrected chi connectivity index (χ3v) is 6.15. The summed E-state index contributed by atoms with van der Waals surface area (Å²) < 4.78 is 15.6. The van der Waals surface area contributed by atoms with E-state index in [1.807, 2.05) is 42.5 Å². The number of piperidine rings is 1. The van der Waals surface area contributed by atoms with Crippen molar-refractivity contribution in [2.45, 2.75) is 12.8 Å². The second-order valence-corrected chi connectivity index (χ2v) is 8.28. The van der Waals surface area contributed by atoms with Crippen LogP contribution in [0, 0.1) is 5.92 Å². The standard InChI is InChI=1S/C28H27NO6/c1-33-25-18-19(11-13-26(30)34-2)10-12-24(25)35-28(32)21-14-16-29(17-15-21)27(31)23-9-5-7-20-6-3-4-8-22(20)23/h3-13,18,21H,14-17H2,1-2H3/b13-11+. The number of nitrogens with zero attached hydrogens (tertiary/aromatic N) is 1. The lowest BCUT2D eigenvalue weighted by Gasteiger charge is -2.31. The first-order valence-electron chi connectivity index (χ1n) is 11.4. The van der Waals surface area contributed by atoms with Crippen molar-refractivity contribution in [3.8, 4) is 11.5 Å². The highest BCUT2D eigenvalue weighted by atomic mass is 16.6. The molecule has 1 aliphatic rings. The van der Waals surface area contributed by atoms with Crippen LogP contribution in [0.25, 0.3) is 16.8 Å². The molecule has 1 saturated heterocycles. The molecule has 1 heterocycles. The van der Waals surface area contributed by atoms with Gasteiger partial charge in [-0.25, -0.2) is 4.79 Å². The van der Waals surface area contributed by atoms with Gasteiger partial charge in [0.05, 0.1) is 20.1 Å². The van der Waals surface area contributed by atoms with Crippen molar-refractivity contribution >= 4 is 34.7 Å². The van der Waals surface area contributed by atoms with Crippen LogP contribution in [0.2, 0.25) is 0 Å². The van der Waals surface area contributed by atoms with Crippen molar-refractivity contribution in [3.05, 3.63) is 77.9 Å². The van der Waals surface area contributed by atoms with Gasteiger partial charge in [-0.15, -0.1) is 0 Å². The molecular formula is C28H27NO6. The highest BCUT2D eigenvalue weighted by Crippen LogP contribution is 2.31. The normalized spacial score (nSPS) is 14.2. The van der Waals surface area contributed by atoms with Crippen molar-refractivity contribution < 1.29 is 28.6 Å². The summed E-state index contributed by atoms with van der Waals surface area (Å²) in [6.07, 6.45) is 3.94. The van der Waals surface area contributed by atoms with Crippen LogP contribution in [-0.2, 0) is 14.3 Å². The molecule has 0 unspecified atom stereocenters. The van der Waals surface area contributed by atoms with Crippen LogP contribution in [0.4, 0.5) is 0 Å². The lowest BCUT2D eigenvalue weighted by molar-refractivity contribution is -0.140. The Labute approximate surface area is 203 Å². The number of hydrogen-bond donors (Lipinski definition) is 0. The summed E-state index contributed by atoms with van der Waals surface area (Å²) in [6, 6.07) is 18.6. The van der Waals surface area contributed by atoms with Gasteiger partial charge in [-0.3, -0.25) is 9.59 Å². The van der Waals surface area contributed by atoms with Gasteiger partial charge in [0, 0.05) is 24.7 Å². The molecule has 1 fully saturated rings. The molecular weight excluding hydrogens is 446 g/mol. The Hall–Kier alpha value is -4.13. The topological polar surface area (TPSA) is 82.1 Å². The number of methoxy groups -OCH3 is 2. The van der Waals surface area contributed by atoms with Crippen LogP contribution in [-0.4, -0.2) is 50.1 Å². The third-order valence-electron chi connectivity index (χ3n) is 6.15. The fourth-order valence-corrected chi connectivity index (χ4v) is 4.20. The molecule has 4 rings (SSSR count). The first-order chi connectivity index (χ1) is 17.0. The Balaban J connectivity index is 1.38. The van der Waals surface area contributed by atoms with E-state index in [0.29, 0.717) is 48.6 Å². The monoisotopic (exact) mass is 473 g/mol. The van der Waals surface area contributed by atoms with Gasteiger partial charge in [0.1, 0.15) is 0 Å². The van der Waals surface area contributed by atoms with E-state index in [4.69, 9.17) is 9.47 Å². The molecule has 0 aliphatic carbocycles. The Kier molecular flexibility index (Phi) is 7.45. The Morgan fingerprint density at radius 1 is 0.914 bits per heavy atom. The quantitative estimate of drug-likeness (QED) is 0.298. The largest absolute Gasteiger partial charge is 0.493 e. The first-order valence-corrected chi connectivity index (χ1v) is 11.4. The minimum Gasteiger partial charge on any atom is -0.493 e. The minimum atomic E-state index is -0.468. The maximum Gasteiger partial charge on any atom is 0.330 e. The highest BCUT2D eigenvalue weighted by Gasteiger charge is 2.30. The van der Waals surface area contributed by atoms with Gasteiger partial charge in [0.15, 0.2) is 11.5 Å². The van der Waals surface area contributed by atoms with Gasteiger partial charge in [0.2, 0.25) is 0 Å². The SMILES string of the molecule is COC(=O)/C=C/c1ccc(OC(=O)C2CCN(C(=O)c3cccc4ccccc34)CC2)c(OC)c1. The summed E-state index contributed by atoms with van der Waals surface area (Å²) in [7, 11) is 2.79. The lowest BCUT2D eigenvalue weighted by atomic mass is 9.95. The Morgan fingerprint density at radius 2 is 1.66 bits per heavy atom. The van der Waals surface area contributed by atoms with Crippen molar-refractivity contribution in [1.29, 1.82) is 0 Å². The van der Waals surface area contributed by atoms with Crippen molar-refractivity contribution in [2.75, 3.05) is 27.3 Å². The summed E-state index contributed by atoms with van der Waals surface area (Å²) in [5.74, 6) is -0.458. The van der Waals surface area contributed by atoms with Crippen LogP contribution < -0.4 is 9.47 Å². The molecule has 0 spiro atoms. The Morgan fingerprint density at radius 3 is 2.40 bits per heavy atom. The predicted molar refractivity (Wildman–Crippen MR) is 132 cm³/mol. The molecule has 7 nitrogen and oxygen atoms in total. The van der Waals surface area contributed by atoms with Gasteiger partial charge in [-0.1, -0.05) is 42.5 Å². The van der Waals surface area contributed by atoms with Gasteiger partial charge < -0.3 is 19.1 Å². The van der Waals surface area contributed by atoms with E-state index >= 15 is 0 Å². The van der Waals surface area contributed by atoms with E-state index in [-0.39, 0.29) is 17.8 Å². The maximum atomic E-state index is 13.2. The molecule has 35 heavy (non-hydrogen) atoms. The van der Waals surface area contributed by atoms with E-state index in [9.17, 15) is 14.4 Å². The number of hydrogen-bond acceptors (Lipinski definition) is 6. The van der Waals surface area contributed by atoms with Crippen molar-refractivity contribution in [1.82, 2.24) is 4.90 Å². The maximum absolute atomic E-state index is 13.2. The molecule has 0 atom stereocenters. The number of carbonyl (C=O) groups excluding carboxylic acids is 3. The van der Waals surface area contributed by atoms with Crippen molar-refractivity contribution in [2.24, 2.45) is 5.92 Å². The smallest absolute Gasteiger partial charge is 0.330 e. The summed E-state index contributed by atoms with van der Waals surface area (Å²) in [4.78, 5) is 39.1. The molecule has 0 N–H and O–H groups in total. The van der Waals surface area contributed by atoms with E-state index in [2.05, 4.69) is 4.74 Å². The van der Waals surface area contributed by atoms with Gasteiger partial charge in [-0.2, -0.15) is 0 Å². The number of benzene rings is 3. The summed E-state index contributed by atoms with van der Waals surface area (Å²) in [6.45, 7) is 0.965. The molecule has 3 aromatic carbocycles. The van der Waals surface area contributed by atoms with E-state index in [1.54, 1.807) is 29.2 Å². The molecule has 3 aromatic rings. The molecule has 1 amide bonds. The molecule has 0 radical (unpaired) electrons. The second-order valence-electron chi connectivity index (χ2n) is 8.28. The zero-order chi connectivity index (χ0) is 24.8. The number of fused-ring (bicyclic) bond motifs is 1.